The van der Waals surface area contributed by atoms with Crippen molar-refractivity contribution < 1.29 is 19.0 Å². The number of benzene rings is 2. The van der Waals surface area contributed by atoms with Crippen molar-refractivity contribution in [3.05, 3.63) is 51.9 Å². The van der Waals surface area contributed by atoms with Crippen molar-refractivity contribution >= 4 is 34.0 Å². The lowest BCUT2D eigenvalue weighted by molar-refractivity contribution is -0.115. The number of carbonyl (C=O) groups is 1. The zero-order chi connectivity index (χ0) is 19.8. The third kappa shape index (κ3) is 3.75. The van der Waals surface area contributed by atoms with Gasteiger partial charge in [-0.25, -0.2) is 4.98 Å². The molecule has 1 aromatic heterocycles. The Morgan fingerprint density at radius 1 is 1.10 bits per heavy atom. The number of halogens is 1. The molecule has 0 saturated heterocycles. The molecule has 0 unspecified atom stereocenters. The van der Waals surface area contributed by atoms with E-state index in [1.165, 1.54) is 16.9 Å². The van der Waals surface area contributed by atoms with Crippen LogP contribution in [0.15, 0.2) is 35.7 Å². The molecule has 0 fully saturated rings. The van der Waals surface area contributed by atoms with Gasteiger partial charge in [0.25, 0.3) is 0 Å². The highest BCUT2D eigenvalue weighted by atomic mass is 35.5. The number of nitrogens with one attached hydrogen (secondary N) is 1. The number of aromatic nitrogens is 1. The summed E-state index contributed by atoms with van der Waals surface area (Å²) >= 11 is 7.64. The second-order valence-corrected chi connectivity index (χ2v) is 8.05. The number of fused-ring (bicyclic) bond motifs is 2. The fourth-order valence-electron chi connectivity index (χ4n) is 3.42. The van der Waals surface area contributed by atoms with Gasteiger partial charge in [0.15, 0.2) is 16.6 Å². The minimum atomic E-state index is -0.166. The average Bonchev–Trinajstić information content (AvgIpc) is 3.36. The van der Waals surface area contributed by atoms with Gasteiger partial charge < -0.3 is 19.5 Å². The van der Waals surface area contributed by atoms with Crippen LogP contribution in [-0.4, -0.2) is 30.7 Å². The zero-order valence-electron chi connectivity index (χ0n) is 15.4. The number of ether oxygens (including phenoxy) is 3. The van der Waals surface area contributed by atoms with Crippen LogP contribution in [0.2, 0.25) is 5.02 Å². The summed E-state index contributed by atoms with van der Waals surface area (Å²) in [5, 5.41) is 5.81. The normalized spacial score (nSPS) is 14.2. The maximum absolute atomic E-state index is 12.5. The van der Waals surface area contributed by atoms with E-state index in [1.54, 1.807) is 12.1 Å². The van der Waals surface area contributed by atoms with Gasteiger partial charge in [0.2, 0.25) is 5.91 Å². The molecule has 8 heteroatoms. The molecule has 0 atom stereocenters. The molecule has 0 aliphatic carbocycles. The number of hydrogen-bond acceptors (Lipinski definition) is 6. The highest BCUT2D eigenvalue weighted by molar-refractivity contribution is 7.14. The van der Waals surface area contributed by atoms with Crippen molar-refractivity contribution in [3.63, 3.8) is 0 Å². The summed E-state index contributed by atoms with van der Waals surface area (Å²) in [5.41, 5.74) is 3.80. The van der Waals surface area contributed by atoms with E-state index in [0.717, 1.165) is 35.6 Å². The third-order valence-electron chi connectivity index (χ3n) is 4.76. The Hall–Kier alpha value is -2.77. The fraction of sp³-hybridized carbons (Fsp3) is 0.238. The second kappa shape index (κ2) is 7.57. The first-order valence-corrected chi connectivity index (χ1v) is 10.5. The van der Waals surface area contributed by atoms with Gasteiger partial charge in [0.1, 0.15) is 19.0 Å². The molecule has 29 heavy (non-hydrogen) atoms. The van der Waals surface area contributed by atoms with Crippen LogP contribution < -0.4 is 19.5 Å². The minimum absolute atomic E-state index is 0.166. The van der Waals surface area contributed by atoms with E-state index < -0.39 is 0 Å². The van der Waals surface area contributed by atoms with Gasteiger partial charge in [-0.1, -0.05) is 11.6 Å². The lowest BCUT2D eigenvalue weighted by Gasteiger charge is -2.20. The van der Waals surface area contributed by atoms with Crippen LogP contribution in [-0.2, 0) is 17.6 Å². The van der Waals surface area contributed by atoms with E-state index in [1.807, 2.05) is 17.5 Å². The van der Waals surface area contributed by atoms with Crippen LogP contribution in [0.4, 0.5) is 5.13 Å². The molecule has 6 nitrogen and oxygen atoms in total. The molecule has 1 N–H and O–H groups in total. The Kier molecular flexibility index (Phi) is 4.77. The number of carbonyl (C=O) groups excluding carboxylic acids is 1. The Balaban J connectivity index is 1.28. The van der Waals surface area contributed by atoms with E-state index >= 15 is 0 Å². The molecule has 148 valence electrons. The van der Waals surface area contributed by atoms with Crippen LogP contribution in [0.25, 0.3) is 11.3 Å². The van der Waals surface area contributed by atoms with E-state index in [-0.39, 0.29) is 12.3 Å². The molecule has 3 heterocycles. The number of anilines is 1. The quantitative estimate of drug-likeness (QED) is 0.669. The minimum Gasteiger partial charge on any atom is -0.493 e. The highest BCUT2D eigenvalue weighted by Crippen LogP contribution is 2.38. The van der Waals surface area contributed by atoms with Gasteiger partial charge in [0, 0.05) is 17.4 Å². The summed E-state index contributed by atoms with van der Waals surface area (Å²) in [6, 6.07) is 9.58. The summed E-state index contributed by atoms with van der Waals surface area (Å²) in [6.07, 6.45) is 1.08. The van der Waals surface area contributed by atoms with Crippen LogP contribution >= 0.6 is 22.9 Å². The first kappa shape index (κ1) is 18.3. The number of rotatable bonds is 4. The summed E-state index contributed by atoms with van der Waals surface area (Å²) < 4.78 is 16.6. The number of thiazole rings is 1. The second-order valence-electron chi connectivity index (χ2n) is 6.79. The van der Waals surface area contributed by atoms with Gasteiger partial charge in [-0.15, -0.1) is 11.3 Å². The van der Waals surface area contributed by atoms with Crippen molar-refractivity contribution in [3.8, 4) is 28.5 Å². The SMILES string of the molecule is O=C(Cc1cc(Cl)c2c(c1)OCCO2)Nc1nc(-c2ccc3c(c2)CCO3)cs1. The molecule has 0 spiro atoms. The number of hydrogen-bond donors (Lipinski definition) is 1. The number of nitrogens with zero attached hydrogens (tertiary/aromatic N) is 1. The molecule has 2 aliphatic rings. The van der Waals surface area contributed by atoms with Crippen molar-refractivity contribution in [2.75, 3.05) is 25.1 Å². The maximum Gasteiger partial charge on any atom is 0.230 e. The largest absolute Gasteiger partial charge is 0.493 e. The zero-order valence-corrected chi connectivity index (χ0v) is 16.9. The Morgan fingerprint density at radius 3 is 2.90 bits per heavy atom. The van der Waals surface area contributed by atoms with Gasteiger partial charge in [-0.2, -0.15) is 0 Å². The lowest BCUT2D eigenvalue weighted by Crippen LogP contribution is -2.17. The first-order chi connectivity index (χ1) is 14.2. The summed E-state index contributed by atoms with van der Waals surface area (Å²) in [4.78, 5) is 17.0. The molecule has 2 aliphatic heterocycles. The molecule has 5 rings (SSSR count). The maximum atomic E-state index is 12.5. The van der Waals surface area contributed by atoms with E-state index in [9.17, 15) is 4.79 Å². The molecule has 1 amide bonds. The topological polar surface area (TPSA) is 69.7 Å². The summed E-state index contributed by atoms with van der Waals surface area (Å²) in [7, 11) is 0. The Morgan fingerprint density at radius 2 is 1.97 bits per heavy atom. The van der Waals surface area contributed by atoms with Crippen LogP contribution in [0.5, 0.6) is 17.2 Å². The average molecular weight is 429 g/mol. The molecular formula is C21H17ClN2O4S. The Bertz CT molecular complexity index is 1100. The van der Waals surface area contributed by atoms with Crippen molar-refractivity contribution in [1.82, 2.24) is 4.98 Å². The van der Waals surface area contributed by atoms with Gasteiger partial charge in [-0.3, -0.25) is 4.79 Å². The summed E-state index contributed by atoms with van der Waals surface area (Å²) in [5.74, 6) is 1.88. The monoisotopic (exact) mass is 428 g/mol. The lowest BCUT2D eigenvalue weighted by atomic mass is 10.1. The molecule has 3 aromatic rings. The van der Waals surface area contributed by atoms with Crippen LogP contribution in [0.3, 0.4) is 0 Å². The van der Waals surface area contributed by atoms with Gasteiger partial charge in [-0.05, 0) is 41.5 Å². The fourth-order valence-corrected chi connectivity index (χ4v) is 4.45. The van der Waals surface area contributed by atoms with Crippen LogP contribution in [0, 0.1) is 0 Å². The molecule has 2 aromatic carbocycles. The molecule has 0 radical (unpaired) electrons. The van der Waals surface area contributed by atoms with Crippen molar-refractivity contribution in [2.24, 2.45) is 0 Å². The van der Waals surface area contributed by atoms with E-state index in [0.29, 0.717) is 34.9 Å². The van der Waals surface area contributed by atoms with Gasteiger partial charge in [0.05, 0.1) is 23.7 Å². The first-order valence-electron chi connectivity index (χ1n) is 9.25. The molecular weight excluding hydrogens is 412 g/mol. The third-order valence-corrected chi connectivity index (χ3v) is 5.80. The highest BCUT2D eigenvalue weighted by Gasteiger charge is 2.18. The standard InChI is InChI=1S/C21H17ClN2O4S/c22-15-7-12(8-18-20(15)28-6-5-27-18)9-19(25)24-21-23-16(11-29-21)13-1-2-17-14(10-13)3-4-26-17/h1-2,7-8,10-11H,3-6,9H2,(H,23,24,25). The smallest absolute Gasteiger partial charge is 0.230 e. The number of amides is 1. The van der Waals surface area contributed by atoms with E-state index in [4.69, 9.17) is 25.8 Å². The molecule has 0 saturated carbocycles. The van der Waals surface area contributed by atoms with Crippen molar-refractivity contribution in [2.45, 2.75) is 12.8 Å². The Labute approximate surface area is 176 Å². The molecule has 0 bridgehead atoms. The van der Waals surface area contributed by atoms with E-state index in [2.05, 4.69) is 16.4 Å². The predicted molar refractivity (Wildman–Crippen MR) is 112 cm³/mol. The predicted octanol–water partition coefficient (Wildman–Crippen LogP) is 4.35. The van der Waals surface area contributed by atoms with Crippen LogP contribution in [0.1, 0.15) is 11.1 Å². The summed E-state index contributed by atoms with van der Waals surface area (Å²) in [6.45, 7) is 1.66. The van der Waals surface area contributed by atoms with Crippen molar-refractivity contribution in [1.29, 1.82) is 0 Å². The van der Waals surface area contributed by atoms with Gasteiger partial charge >= 0.3 is 0 Å².